The summed E-state index contributed by atoms with van der Waals surface area (Å²) in [5, 5.41) is 13.3. The molecule has 10 heteroatoms. The van der Waals surface area contributed by atoms with Crippen molar-refractivity contribution >= 4 is 12.1 Å². The number of aliphatic hydroxyl groups excluding tert-OH is 1. The average Bonchev–Trinajstić information content (AvgIpc) is 3.16. The molecule has 1 fully saturated rings. The molecule has 1 heterocycles. The lowest BCUT2D eigenvalue weighted by atomic mass is 9.86. The van der Waals surface area contributed by atoms with Gasteiger partial charge in [-0.05, 0) is 48.8 Å². The van der Waals surface area contributed by atoms with E-state index in [4.69, 9.17) is 5.73 Å². The number of nitrogens with one attached hydrogen (secondary N) is 1. The van der Waals surface area contributed by atoms with Crippen LogP contribution in [-0.4, -0.2) is 67.6 Å². The molecule has 3 atom stereocenters. The maximum absolute atomic E-state index is 15.6. The fraction of sp³-hybridized carbons (Fsp3) is 0.600. The summed E-state index contributed by atoms with van der Waals surface area (Å²) in [7, 11) is 1.66. The summed E-state index contributed by atoms with van der Waals surface area (Å²) in [6, 6.07) is 5.60. The number of β-amino-alcohol motifs (C(OH)–C–C–N with tert-alkyl or cyclic N) is 1. The molecular formula is C25H34F4N4O2. The summed E-state index contributed by atoms with van der Waals surface area (Å²) >= 11 is 0. The van der Waals surface area contributed by atoms with Crippen molar-refractivity contribution in [1.82, 2.24) is 10.2 Å². The molecule has 2 aliphatic rings. The zero-order valence-corrected chi connectivity index (χ0v) is 20.0. The number of aliphatic imine (C=N–C) groups is 1. The lowest BCUT2D eigenvalue weighted by Crippen LogP contribution is -2.37. The van der Waals surface area contributed by atoms with Crippen molar-refractivity contribution in [3.05, 3.63) is 46.7 Å². The van der Waals surface area contributed by atoms with Crippen molar-refractivity contribution in [1.29, 1.82) is 0 Å². The molecule has 1 aromatic rings. The number of carbonyl (C=O) groups is 1. The van der Waals surface area contributed by atoms with E-state index in [2.05, 4.69) is 10.3 Å². The fourth-order valence-corrected chi connectivity index (χ4v) is 4.83. The van der Waals surface area contributed by atoms with Gasteiger partial charge in [0.25, 0.3) is 0 Å². The van der Waals surface area contributed by atoms with Crippen molar-refractivity contribution in [3.8, 4) is 0 Å². The predicted octanol–water partition coefficient (Wildman–Crippen LogP) is 3.24. The lowest BCUT2D eigenvalue weighted by Gasteiger charge is -2.25. The van der Waals surface area contributed by atoms with Crippen molar-refractivity contribution in [2.24, 2.45) is 16.6 Å². The second-order valence-electron chi connectivity index (χ2n) is 9.55. The van der Waals surface area contributed by atoms with E-state index in [0.29, 0.717) is 38.8 Å². The summed E-state index contributed by atoms with van der Waals surface area (Å²) in [6.45, 7) is 0.912. The minimum absolute atomic E-state index is 0.00345. The molecule has 3 unspecified atom stereocenters. The Kier molecular flexibility index (Phi) is 8.93. The number of nitrogens with two attached hydrogens (primary N) is 1. The first-order valence-electron chi connectivity index (χ1n) is 11.9. The van der Waals surface area contributed by atoms with Crippen LogP contribution in [-0.2, 0) is 16.9 Å². The monoisotopic (exact) mass is 498 g/mol. The van der Waals surface area contributed by atoms with Crippen LogP contribution in [0, 0.1) is 5.92 Å². The van der Waals surface area contributed by atoms with Crippen LogP contribution in [0.4, 0.5) is 17.6 Å². The molecule has 0 radical (unpaired) electrons. The Morgan fingerprint density at radius 1 is 1.43 bits per heavy atom. The van der Waals surface area contributed by atoms with Gasteiger partial charge in [-0.1, -0.05) is 24.3 Å². The molecule has 1 amide bonds. The molecule has 1 aromatic carbocycles. The zero-order chi connectivity index (χ0) is 25.6. The molecule has 0 aromatic heterocycles. The summed E-state index contributed by atoms with van der Waals surface area (Å²) in [5.41, 5.74) is 6.13. The quantitative estimate of drug-likeness (QED) is 0.360. The first-order chi connectivity index (χ1) is 16.5. The summed E-state index contributed by atoms with van der Waals surface area (Å²) in [6.07, 6.45) is -2.22. The van der Waals surface area contributed by atoms with Crippen LogP contribution in [0.5, 0.6) is 0 Å². The average molecular weight is 499 g/mol. The summed E-state index contributed by atoms with van der Waals surface area (Å²) in [4.78, 5) is 18.3. The number of aliphatic hydroxyl groups is 1. The van der Waals surface area contributed by atoms with Gasteiger partial charge in [0.1, 0.15) is 5.67 Å². The van der Waals surface area contributed by atoms with Gasteiger partial charge < -0.3 is 16.2 Å². The van der Waals surface area contributed by atoms with Gasteiger partial charge in [-0.3, -0.25) is 14.7 Å². The standard InChI is InChI=1S/C25H34F4N4O2/c1-31-14-19-12-18(5-6-22(19)30)23(35)32-9-7-21(34)15-33-10-8-24(26,16-33)20-4-2-3-17(11-20)13-25(27,28)29/h2-4,11,14,18,21,34H,5-10,12-13,15-16,30H2,1H3,(H,32,35). The van der Waals surface area contributed by atoms with Crippen LogP contribution in [0.15, 0.2) is 40.5 Å². The van der Waals surface area contributed by atoms with Gasteiger partial charge in [0, 0.05) is 51.1 Å². The maximum atomic E-state index is 15.6. The highest BCUT2D eigenvalue weighted by Crippen LogP contribution is 2.37. The highest BCUT2D eigenvalue weighted by Gasteiger charge is 2.40. The number of benzene rings is 1. The van der Waals surface area contributed by atoms with E-state index in [9.17, 15) is 23.1 Å². The summed E-state index contributed by atoms with van der Waals surface area (Å²) in [5.74, 6) is -0.277. The largest absolute Gasteiger partial charge is 0.402 e. The van der Waals surface area contributed by atoms with Gasteiger partial charge in [-0.25, -0.2) is 4.39 Å². The second-order valence-corrected chi connectivity index (χ2v) is 9.55. The molecule has 194 valence electrons. The zero-order valence-electron chi connectivity index (χ0n) is 20.0. The molecule has 0 spiro atoms. The minimum atomic E-state index is -4.35. The molecule has 3 rings (SSSR count). The number of carbonyl (C=O) groups excluding carboxylic acids is 1. The van der Waals surface area contributed by atoms with Gasteiger partial charge in [0.15, 0.2) is 0 Å². The Morgan fingerprint density at radius 2 is 2.20 bits per heavy atom. The number of hydrogen-bond donors (Lipinski definition) is 3. The number of rotatable bonds is 9. The third-order valence-corrected chi connectivity index (χ3v) is 6.69. The van der Waals surface area contributed by atoms with Gasteiger partial charge >= 0.3 is 6.18 Å². The Labute approximate surface area is 203 Å². The number of likely N-dealkylation sites (tertiary alicyclic amines) is 1. The number of hydrogen-bond acceptors (Lipinski definition) is 5. The lowest BCUT2D eigenvalue weighted by molar-refractivity contribution is -0.127. The Hall–Kier alpha value is -2.46. The highest BCUT2D eigenvalue weighted by molar-refractivity contribution is 5.84. The van der Waals surface area contributed by atoms with E-state index in [1.165, 1.54) is 24.3 Å². The van der Waals surface area contributed by atoms with Gasteiger partial charge in [-0.2, -0.15) is 13.2 Å². The molecule has 0 saturated carbocycles. The van der Waals surface area contributed by atoms with Crippen LogP contribution in [0.1, 0.15) is 43.2 Å². The highest BCUT2D eigenvalue weighted by atomic mass is 19.4. The number of alkyl halides is 4. The topological polar surface area (TPSA) is 90.9 Å². The van der Waals surface area contributed by atoms with Crippen molar-refractivity contribution in [2.45, 2.75) is 56.5 Å². The minimum Gasteiger partial charge on any atom is -0.402 e. The van der Waals surface area contributed by atoms with Crippen LogP contribution in [0.2, 0.25) is 0 Å². The Bertz CT molecular complexity index is 950. The molecule has 6 nitrogen and oxygen atoms in total. The van der Waals surface area contributed by atoms with E-state index in [1.807, 2.05) is 0 Å². The molecule has 4 N–H and O–H groups in total. The number of nitrogens with zero attached hydrogens (tertiary/aromatic N) is 2. The maximum Gasteiger partial charge on any atom is 0.393 e. The first kappa shape index (κ1) is 27.1. The SMILES string of the molecule is CN=CC1=C(N)CCC(C(=O)NCCC(O)CN2CCC(F)(c3cccc(CC(F)(F)F)c3)C2)C1. The van der Waals surface area contributed by atoms with Gasteiger partial charge in [-0.15, -0.1) is 0 Å². The van der Waals surface area contributed by atoms with Crippen molar-refractivity contribution in [3.63, 3.8) is 0 Å². The number of allylic oxidation sites excluding steroid dienone is 2. The van der Waals surface area contributed by atoms with Crippen LogP contribution in [0.3, 0.4) is 0 Å². The first-order valence-corrected chi connectivity index (χ1v) is 11.9. The molecular weight excluding hydrogens is 464 g/mol. The van der Waals surface area contributed by atoms with E-state index in [0.717, 1.165) is 11.3 Å². The van der Waals surface area contributed by atoms with E-state index >= 15 is 4.39 Å². The van der Waals surface area contributed by atoms with Gasteiger partial charge in [0.05, 0.1) is 12.5 Å². The molecule has 35 heavy (non-hydrogen) atoms. The molecule has 1 saturated heterocycles. The van der Waals surface area contributed by atoms with Gasteiger partial charge in [0.2, 0.25) is 5.91 Å². The van der Waals surface area contributed by atoms with Crippen LogP contribution < -0.4 is 11.1 Å². The third kappa shape index (κ3) is 7.76. The van der Waals surface area contributed by atoms with E-state index in [-0.39, 0.29) is 42.5 Å². The number of halogens is 4. The smallest absolute Gasteiger partial charge is 0.393 e. The van der Waals surface area contributed by atoms with E-state index in [1.54, 1.807) is 18.2 Å². The molecule has 1 aliphatic carbocycles. The van der Waals surface area contributed by atoms with Crippen LogP contribution >= 0.6 is 0 Å². The Morgan fingerprint density at radius 3 is 2.91 bits per heavy atom. The van der Waals surface area contributed by atoms with E-state index < -0.39 is 24.4 Å². The summed E-state index contributed by atoms with van der Waals surface area (Å²) < 4.78 is 53.7. The third-order valence-electron chi connectivity index (χ3n) is 6.69. The van der Waals surface area contributed by atoms with Crippen LogP contribution in [0.25, 0.3) is 0 Å². The predicted molar refractivity (Wildman–Crippen MR) is 127 cm³/mol. The normalized spacial score (nSPS) is 24.8. The van der Waals surface area contributed by atoms with Crippen molar-refractivity contribution < 1.29 is 27.5 Å². The molecule has 0 bridgehead atoms. The second kappa shape index (κ2) is 11.5. The number of amides is 1. The van der Waals surface area contributed by atoms with Crippen molar-refractivity contribution in [2.75, 3.05) is 33.2 Å². The Balaban J connectivity index is 1.44. The molecule has 1 aliphatic heterocycles. The fourth-order valence-electron chi connectivity index (χ4n) is 4.83.